The number of amides is 1. The number of nitrogens with zero attached hydrogens (tertiary/aromatic N) is 2. The summed E-state index contributed by atoms with van der Waals surface area (Å²) in [7, 11) is 0. The van der Waals surface area contributed by atoms with Gasteiger partial charge in [0, 0.05) is 24.2 Å². The standard InChI is InChI=1S/C27H25N3O2/c1-3-30-27(32)24(26(31)28-18-20-16-14-19(2)15-17-20)23(21-10-6-4-7-11-21)25(29-30)22-12-8-5-9-13-22/h4-17H,3,18H2,1-2H3,(H,28,31). The van der Waals surface area contributed by atoms with Crippen LogP contribution in [-0.4, -0.2) is 15.7 Å². The number of rotatable bonds is 6. The molecular formula is C27H25N3O2. The van der Waals surface area contributed by atoms with Crippen molar-refractivity contribution >= 4 is 5.91 Å². The molecule has 32 heavy (non-hydrogen) atoms. The zero-order chi connectivity index (χ0) is 22.5. The molecule has 0 fully saturated rings. The molecule has 4 rings (SSSR count). The van der Waals surface area contributed by atoms with E-state index in [0.29, 0.717) is 24.3 Å². The molecule has 160 valence electrons. The first kappa shape index (κ1) is 21.2. The van der Waals surface area contributed by atoms with Crippen molar-refractivity contribution in [3.8, 4) is 22.4 Å². The Bertz CT molecular complexity index is 1280. The van der Waals surface area contributed by atoms with Crippen molar-refractivity contribution in [3.63, 3.8) is 0 Å². The van der Waals surface area contributed by atoms with E-state index in [1.165, 1.54) is 4.68 Å². The van der Waals surface area contributed by atoms with Crippen molar-refractivity contribution in [2.45, 2.75) is 26.9 Å². The Morgan fingerprint density at radius 1 is 0.875 bits per heavy atom. The summed E-state index contributed by atoms with van der Waals surface area (Å²) in [5.74, 6) is -0.406. The van der Waals surface area contributed by atoms with Gasteiger partial charge in [0.05, 0.1) is 5.69 Å². The van der Waals surface area contributed by atoms with Crippen LogP contribution in [0.4, 0.5) is 0 Å². The zero-order valence-electron chi connectivity index (χ0n) is 18.2. The molecule has 0 radical (unpaired) electrons. The SMILES string of the molecule is CCn1nc(-c2ccccc2)c(-c2ccccc2)c(C(=O)NCc2ccc(C)cc2)c1=O. The number of carbonyl (C=O) groups is 1. The minimum absolute atomic E-state index is 0.110. The maximum Gasteiger partial charge on any atom is 0.280 e. The van der Waals surface area contributed by atoms with Gasteiger partial charge < -0.3 is 5.32 Å². The fourth-order valence-corrected chi connectivity index (χ4v) is 3.66. The minimum atomic E-state index is -0.406. The van der Waals surface area contributed by atoms with Crippen LogP contribution in [0, 0.1) is 6.92 Å². The van der Waals surface area contributed by atoms with Crippen LogP contribution >= 0.6 is 0 Å². The Morgan fingerprint density at radius 2 is 1.47 bits per heavy atom. The minimum Gasteiger partial charge on any atom is -0.348 e. The molecular weight excluding hydrogens is 398 g/mol. The van der Waals surface area contributed by atoms with Gasteiger partial charge >= 0.3 is 0 Å². The number of aromatic nitrogens is 2. The van der Waals surface area contributed by atoms with Crippen LogP contribution in [0.1, 0.15) is 28.4 Å². The second kappa shape index (κ2) is 9.43. The van der Waals surface area contributed by atoms with Gasteiger partial charge in [-0.1, -0.05) is 90.5 Å². The van der Waals surface area contributed by atoms with E-state index in [4.69, 9.17) is 0 Å². The van der Waals surface area contributed by atoms with Crippen LogP contribution < -0.4 is 10.9 Å². The highest BCUT2D eigenvalue weighted by atomic mass is 16.2. The van der Waals surface area contributed by atoms with Crippen LogP contribution in [0.2, 0.25) is 0 Å². The maximum absolute atomic E-state index is 13.4. The summed E-state index contributed by atoms with van der Waals surface area (Å²) >= 11 is 0. The fourth-order valence-electron chi connectivity index (χ4n) is 3.66. The molecule has 0 spiro atoms. The first-order valence-electron chi connectivity index (χ1n) is 10.7. The smallest absolute Gasteiger partial charge is 0.280 e. The molecule has 5 heteroatoms. The van der Waals surface area contributed by atoms with Crippen molar-refractivity contribution in [1.82, 2.24) is 15.1 Å². The molecule has 0 saturated carbocycles. The van der Waals surface area contributed by atoms with Gasteiger partial charge in [-0.2, -0.15) is 5.10 Å². The summed E-state index contributed by atoms with van der Waals surface area (Å²) in [5, 5.41) is 7.57. The number of benzene rings is 3. The number of hydrogen-bond acceptors (Lipinski definition) is 3. The lowest BCUT2D eigenvalue weighted by Gasteiger charge is -2.17. The molecule has 5 nitrogen and oxygen atoms in total. The van der Waals surface area contributed by atoms with Crippen LogP contribution in [0.25, 0.3) is 22.4 Å². The lowest BCUT2D eigenvalue weighted by molar-refractivity contribution is 0.0949. The summed E-state index contributed by atoms with van der Waals surface area (Å²) in [6, 6.07) is 27.1. The van der Waals surface area contributed by atoms with Crippen molar-refractivity contribution < 1.29 is 4.79 Å². The van der Waals surface area contributed by atoms with Gasteiger partial charge in [-0.05, 0) is 25.0 Å². The van der Waals surface area contributed by atoms with E-state index in [1.807, 2.05) is 98.8 Å². The van der Waals surface area contributed by atoms with E-state index in [9.17, 15) is 9.59 Å². The Morgan fingerprint density at radius 3 is 2.06 bits per heavy atom. The Hall–Kier alpha value is -3.99. The maximum atomic E-state index is 13.4. The van der Waals surface area contributed by atoms with E-state index in [1.54, 1.807) is 0 Å². The van der Waals surface area contributed by atoms with E-state index >= 15 is 0 Å². The predicted molar refractivity (Wildman–Crippen MR) is 127 cm³/mol. The number of hydrogen-bond donors (Lipinski definition) is 1. The summed E-state index contributed by atoms with van der Waals surface area (Å²) in [6.45, 7) is 4.57. The lowest BCUT2D eigenvalue weighted by atomic mass is 9.95. The second-order valence-electron chi connectivity index (χ2n) is 7.62. The van der Waals surface area contributed by atoms with Gasteiger partial charge in [-0.15, -0.1) is 0 Å². The quantitative estimate of drug-likeness (QED) is 0.483. The van der Waals surface area contributed by atoms with Crippen molar-refractivity contribution in [3.05, 3.63) is 112 Å². The monoisotopic (exact) mass is 423 g/mol. The van der Waals surface area contributed by atoms with Crippen molar-refractivity contribution in [1.29, 1.82) is 0 Å². The predicted octanol–water partition coefficient (Wildman–Crippen LogP) is 4.84. The average molecular weight is 424 g/mol. The number of aryl methyl sites for hydroxylation is 2. The lowest BCUT2D eigenvalue weighted by Crippen LogP contribution is -2.35. The summed E-state index contributed by atoms with van der Waals surface area (Å²) in [6.07, 6.45) is 0. The summed E-state index contributed by atoms with van der Waals surface area (Å²) < 4.78 is 1.36. The van der Waals surface area contributed by atoms with Gasteiger partial charge in [0.15, 0.2) is 0 Å². The molecule has 4 aromatic rings. The van der Waals surface area contributed by atoms with Gasteiger partial charge in [-0.25, -0.2) is 4.68 Å². The normalized spacial score (nSPS) is 10.7. The molecule has 0 aliphatic rings. The fraction of sp³-hybridized carbons (Fsp3) is 0.148. The highest BCUT2D eigenvalue weighted by molar-refractivity contribution is 6.03. The highest BCUT2D eigenvalue weighted by Crippen LogP contribution is 2.32. The van der Waals surface area contributed by atoms with Gasteiger partial charge in [0.1, 0.15) is 5.56 Å². The summed E-state index contributed by atoms with van der Waals surface area (Å²) in [4.78, 5) is 26.7. The molecule has 1 N–H and O–H groups in total. The Labute approximate surface area is 187 Å². The Kier molecular flexibility index (Phi) is 6.26. The van der Waals surface area contributed by atoms with E-state index in [-0.39, 0.29) is 5.56 Å². The molecule has 0 bridgehead atoms. The van der Waals surface area contributed by atoms with Crippen LogP contribution in [0.5, 0.6) is 0 Å². The van der Waals surface area contributed by atoms with E-state index in [0.717, 1.165) is 22.3 Å². The third-order valence-corrected chi connectivity index (χ3v) is 5.37. The topological polar surface area (TPSA) is 64.0 Å². The van der Waals surface area contributed by atoms with Crippen LogP contribution in [-0.2, 0) is 13.1 Å². The highest BCUT2D eigenvalue weighted by Gasteiger charge is 2.24. The molecule has 3 aromatic carbocycles. The van der Waals surface area contributed by atoms with E-state index < -0.39 is 11.5 Å². The first-order chi connectivity index (χ1) is 15.6. The third kappa shape index (κ3) is 4.37. The largest absolute Gasteiger partial charge is 0.348 e. The summed E-state index contributed by atoms with van der Waals surface area (Å²) in [5.41, 5.74) is 4.62. The van der Waals surface area contributed by atoms with Crippen molar-refractivity contribution in [2.75, 3.05) is 0 Å². The number of nitrogens with one attached hydrogen (secondary N) is 1. The third-order valence-electron chi connectivity index (χ3n) is 5.37. The van der Waals surface area contributed by atoms with Crippen LogP contribution in [0.3, 0.4) is 0 Å². The molecule has 0 aliphatic carbocycles. The Balaban J connectivity index is 1.87. The molecule has 0 aliphatic heterocycles. The molecule has 0 unspecified atom stereocenters. The molecule has 1 aromatic heterocycles. The molecule has 1 heterocycles. The van der Waals surface area contributed by atoms with Crippen molar-refractivity contribution in [2.24, 2.45) is 0 Å². The van der Waals surface area contributed by atoms with Gasteiger partial charge in [-0.3, -0.25) is 9.59 Å². The molecule has 0 saturated heterocycles. The molecule has 0 atom stereocenters. The second-order valence-corrected chi connectivity index (χ2v) is 7.62. The first-order valence-corrected chi connectivity index (χ1v) is 10.7. The average Bonchev–Trinajstić information content (AvgIpc) is 2.84. The van der Waals surface area contributed by atoms with Gasteiger partial charge in [0.25, 0.3) is 11.5 Å². The van der Waals surface area contributed by atoms with Crippen LogP contribution in [0.15, 0.2) is 89.7 Å². The van der Waals surface area contributed by atoms with Gasteiger partial charge in [0.2, 0.25) is 0 Å². The van der Waals surface area contributed by atoms with E-state index in [2.05, 4.69) is 10.4 Å². The number of carbonyl (C=O) groups excluding carboxylic acids is 1. The zero-order valence-corrected chi connectivity index (χ0v) is 18.2. The molecule has 1 amide bonds.